The molecule has 1 aromatic carbocycles. The highest BCUT2D eigenvalue weighted by atomic mass is 32.2. The van der Waals surface area contributed by atoms with Crippen molar-refractivity contribution in [3.63, 3.8) is 0 Å². The predicted molar refractivity (Wildman–Crippen MR) is 107 cm³/mol. The van der Waals surface area contributed by atoms with E-state index in [1.807, 2.05) is 31.2 Å². The fraction of sp³-hybridized carbons (Fsp3) is 0.444. The number of methoxy groups -OCH3 is 1. The van der Waals surface area contributed by atoms with E-state index in [0.717, 1.165) is 16.9 Å². The van der Waals surface area contributed by atoms with Crippen LogP contribution in [0.3, 0.4) is 0 Å². The Hall–Kier alpha value is -2.13. The number of esters is 1. The second-order valence-electron chi connectivity index (χ2n) is 6.55. The molecule has 1 aliphatic heterocycles. The number of carbonyl (C=O) groups excluding carboxylic acids is 2. The lowest BCUT2D eigenvalue weighted by atomic mass is 9.99. The van der Waals surface area contributed by atoms with Crippen molar-refractivity contribution in [3.8, 4) is 11.4 Å². The largest absolute Gasteiger partial charge is 0.467 e. The molecule has 1 aliphatic rings. The molecule has 0 spiro atoms. The number of H-pyrrole nitrogens is 1. The summed E-state index contributed by atoms with van der Waals surface area (Å²) in [6, 6.07) is 7.94. The summed E-state index contributed by atoms with van der Waals surface area (Å²) in [5, 5.41) is 9.97. The van der Waals surface area contributed by atoms with E-state index >= 15 is 0 Å². The number of aryl methyl sites for hydroxylation is 1. The molecule has 1 aromatic heterocycles. The summed E-state index contributed by atoms with van der Waals surface area (Å²) in [6.07, 6.45) is 0.770. The highest BCUT2D eigenvalue weighted by Crippen LogP contribution is 2.29. The lowest BCUT2D eigenvalue weighted by molar-refractivity contribution is -0.149. The Kier molecular flexibility index (Phi) is 6.01. The molecule has 27 heavy (non-hydrogen) atoms. The topological polar surface area (TPSA) is 89.0 Å². The highest BCUT2D eigenvalue weighted by Gasteiger charge is 2.44. The monoisotopic (exact) mass is 406 g/mol. The van der Waals surface area contributed by atoms with Crippen LogP contribution in [0.2, 0.25) is 0 Å². The van der Waals surface area contributed by atoms with Gasteiger partial charge in [-0.25, -0.2) is 4.79 Å². The van der Waals surface area contributed by atoms with Gasteiger partial charge < -0.3 is 10.1 Å². The number of benzene rings is 1. The maximum Gasteiger partial charge on any atom is 0.332 e. The Labute approximate surface area is 166 Å². The lowest BCUT2D eigenvalue weighted by Gasteiger charge is -2.26. The number of carbonyl (C=O) groups is 2. The predicted octanol–water partition coefficient (Wildman–Crippen LogP) is 2.47. The molecule has 0 saturated carbocycles. The van der Waals surface area contributed by atoms with Gasteiger partial charge in [0.15, 0.2) is 10.6 Å². The van der Waals surface area contributed by atoms with Gasteiger partial charge in [-0.15, -0.1) is 0 Å². The summed E-state index contributed by atoms with van der Waals surface area (Å²) in [5.41, 5.74) is 1.12. The van der Waals surface area contributed by atoms with Crippen LogP contribution in [-0.2, 0) is 20.9 Å². The second-order valence-corrected chi connectivity index (χ2v) is 8.04. The van der Waals surface area contributed by atoms with Crippen LogP contribution in [0.1, 0.15) is 18.4 Å². The summed E-state index contributed by atoms with van der Waals surface area (Å²) >= 11 is 6.95. The lowest BCUT2D eigenvalue weighted by Crippen LogP contribution is -2.55. The Morgan fingerprint density at radius 1 is 1.48 bits per heavy atom. The normalized spacial score (nSPS) is 19.0. The van der Waals surface area contributed by atoms with E-state index in [1.165, 1.54) is 7.11 Å². The van der Waals surface area contributed by atoms with E-state index in [2.05, 4.69) is 15.5 Å². The molecule has 0 radical (unpaired) electrons. The van der Waals surface area contributed by atoms with E-state index < -0.39 is 5.54 Å². The SMILES string of the molecule is COC(=O)[C@@]1(NC(=O)CCn2c(-c3cccc(C)c3)n[nH]c2=S)CCSC1. The molecule has 0 aliphatic carbocycles. The third-order valence-electron chi connectivity index (χ3n) is 4.57. The molecule has 0 unspecified atom stereocenters. The number of aromatic nitrogens is 3. The first kappa shape index (κ1) is 19.6. The quantitative estimate of drug-likeness (QED) is 0.566. The van der Waals surface area contributed by atoms with Gasteiger partial charge in [-0.1, -0.05) is 23.8 Å². The van der Waals surface area contributed by atoms with E-state index in [-0.39, 0.29) is 18.3 Å². The van der Waals surface area contributed by atoms with Crippen LogP contribution in [0, 0.1) is 11.7 Å². The molecule has 1 fully saturated rings. The van der Waals surface area contributed by atoms with Crippen molar-refractivity contribution in [2.75, 3.05) is 18.6 Å². The molecule has 2 N–H and O–H groups in total. The number of hydrogen-bond acceptors (Lipinski definition) is 6. The van der Waals surface area contributed by atoms with Crippen LogP contribution in [-0.4, -0.2) is 50.8 Å². The van der Waals surface area contributed by atoms with Gasteiger partial charge in [-0.3, -0.25) is 14.5 Å². The Morgan fingerprint density at radius 3 is 2.96 bits per heavy atom. The summed E-state index contributed by atoms with van der Waals surface area (Å²) in [5.74, 6) is 1.45. The Morgan fingerprint density at radius 2 is 2.30 bits per heavy atom. The standard InChI is InChI=1S/C18H22N4O3S2/c1-12-4-3-5-13(10-12)15-20-21-17(26)22(15)8-6-14(23)19-18(16(24)25-2)7-9-27-11-18/h3-5,10H,6-9,11H2,1-2H3,(H,19,23)(H,21,26)/t18-/m1/s1. The summed E-state index contributed by atoms with van der Waals surface area (Å²) in [7, 11) is 1.35. The Balaban J connectivity index is 1.72. The molecule has 144 valence electrons. The zero-order chi connectivity index (χ0) is 19.4. The molecule has 0 bridgehead atoms. The third kappa shape index (κ3) is 4.24. The number of nitrogens with zero attached hydrogens (tertiary/aromatic N) is 2. The van der Waals surface area contributed by atoms with Crippen molar-refractivity contribution < 1.29 is 14.3 Å². The molecule has 9 heteroatoms. The van der Waals surface area contributed by atoms with Gasteiger partial charge in [0.05, 0.1) is 7.11 Å². The third-order valence-corrected chi connectivity index (χ3v) is 6.07. The minimum atomic E-state index is -0.923. The summed E-state index contributed by atoms with van der Waals surface area (Å²) < 4.78 is 7.15. The zero-order valence-electron chi connectivity index (χ0n) is 15.3. The fourth-order valence-corrected chi connectivity index (χ4v) is 4.69. The molecule has 7 nitrogen and oxygen atoms in total. The molecule has 1 saturated heterocycles. The number of thioether (sulfide) groups is 1. The summed E-state index contributed by atoms with van der Waals surface area (Å²) in [4.78, 5) is 24.7. The van der Waals surface area contributed by atoms with Crippen LogP contribution in [0.5, 0.6) is 0 Å². The average Bonchev–Trinajstić information content (AvgIpc) is 3.27. The van der Waals surface area contributed by atoms with Crippen LogP contribution < -0.4 is 5.32 Å². The number of aromatic amines is 1. The van der Waals surface area contributed by atoms with Crippen molar-refractivity contribution >= 4 is 35.9 Å². The van der Waals surface area contributed by atoms with Gasteiger partial charge in [0.2, 0.25) is 5.91 Å². The number of hydrogen-bond donors (Lipinski definition) is 2. The van der Waals surface area contributed by atoms with E-state index in [9.17, 15) is 9.59 Å². The molecular weight excluding hydrogens is 384 g/mol. The highest BCUT2D eigenvalue weighted by molar-refractivity contribution is 7.99. The number of nitrogens with one attached hydrogen (secondary N) is 2. The van der Waals surface area contributed by atoms with Crippen molar-refractivity contribution in [2.24, 2.45) is 0 Å². The molecule has 2 heterocycles. The maximum atomic E-state index is 12.5. The fourth-order valence-electron chi connectivity index (χ4n) is 3.14. The van der Waals surface area contributed by atoms with Gasteiger partial charge in [-0.2, -0.15) is 16.9 Å². The van der Waals surface area contributed by atoms with Gasteiger partial charge in [0.1, 0.15) is 5.54 Å². The molecular formula is C18H22N4O3S2. The van der Waals surface area contributed by atoms with E-state index in [0.29, 0.717) is 29.3 Å². The smallest absolute Gasteiger partial charge is 0.332 e. The minimum absolute atomic E-state index is 0.191. The maximum absolute atomic E-state index is 12.5. The minimum Gasteiger partial charge on any atom is -0.467 e. The van der Waals surface area contributed by atoms with Crippen molar-refractivity contribution in [3.05, 3.63) is 34.6 Å². The molecule has 1 atom stereocenters. The van der Waals surface area contributed by atoms with Gasteiger partial charge >= 0.3 is 5.97 Å². The Bertz CT molecular complexity index is 900. The first-order valence-electron chi connectivity index (χ1n) is 8.64. The van der Waals surface area contributed by atoms with Crippen LogP contribution in [0.15, 0.2) is 24.3 Å². The van der Waals surface area contributed by atoms with Crippen LogP contribution in [0.4, 0.5) is 0 Å². The number of amides is 1. The second kappa shape index (κ2) is 8.26. The first-order chi connectivity index (χ1) is 12.9. The van der Waals surface area contributed by atoms with Gasteiger partial charge in [0, 0.05) is 24.3 Å². The van der Waals surface area contributed by atoms with Crippen LogP contribution >= 0.6 is 24.0 Å². The number of rotatable bonds is 6. The van der Waals surface area contributed by atoms with E-state index in [1.54, 1.807) is 16.3 Å². The number of ether oxygens (including phenoxy) is 1. The zero-order valence-corrected chi connectivity index (χ0v) is 16.9. The summed E-state index contributed by atoms with van der Waals surface area (Å²) in [6.45, 7) is 2.38. The molecule has 3 rings (SSSR count). The van der Waals surface area contributed by atoms with Gasteiger partial charge in [0.25, 0.3) is 0 Å². The molecule has 1 amide bonds. The van der Waals surface area contributed by atoms with E-state index in [4.69, 9.17) is 17.0 Å². The van der Waals surface area contributed by atoms with Crippen molar-refractivity contribution in [1.29, 1.82) is 0 Å². The molecule has 2 aromatic rings. The first-order valence-corrected chi connectivity index (χ1v) is 10.2. The van der Waals surface area contributed by atoms with Gasteiger partial charge in [-0.05, 0) is 37.4 Å². The van der Waals surface area contributed by atoms with Crippen molar-refractivity contribution in [1.82, 2.24) is 20.1 Å². The van der Waals surface area contributed by atoms with Crippen LogP contribution in [0.25, 0.3) is 11.4 Å². The van der Waals surface area contributed by atoms with Crippen molar-refractivity contribution in [2.45, 2.75) is 31.8 Å². The average molecular weight is 407 g/mol.